The molecule has 9 heteroatoms. The number of aliphatic hydroxyl groups is 1. The molecule has 2 aromatic heterocycles. The number of hydrogen-bond acceptors (Lipinski definition) is 5. The summed E-state index contributed by atoms with van der Waals surface area (Å²) in [6.45, 7) is 3.55. The maximum absolute atomic E-state index is 12.5. The SMILES string of the molecule is C[C@@H](O)[C@H]1C(=O)N2C(C(=O)O)=C(SCc3csc4n3c3ccccc3[n+]4C)[C@H](C)[C@H]12. The molecule has 0 bridgehead atoms. The smallest absolute Gasteiger partial charge is 0.353 e. The van der Waals surface area contributed by atoms with Gasteiger partial charge in [-0.15, -0.1) is 11.8 Å². The Bertz CT molecular complexity index is 1240. The van der Waals surface area contributed by atoms with Crippen molar-refractivity contribution in [2.75, 3.05) is 0 Å². The first-order chi connectivity index (χ1) is 14.3. The Morgan fingerprint density at radius 3 is 2.80 bits per heavy atom. The summed E-state index contributed by atoms with van der Waals surface area (Å²) in [6, 6.07) is 7.92. The number of rotatable bonds is 5. The lowest BCUT2D eigenvalue weighted by atomic mass is 9.79. The minimum absolute atomic E-state index is 0.0776. The highest BCUT2D eigenvalue weighted by atomic mass is 32.2. The van der Waals surface area contributed by atoms with Gasteiger partial charge in [0.25, 0.3) is 0 Å². The minimum Gasteiger partial charge on any atom is -0.477 e. The molecule has 3 aromatic rings. The van der Waals surface area contributed by atoms with Crippen LogP contribution >= 0.6 is 23.1 Å². The van der Waals surface area contributed by atoms with E-state index in [0.717, 1.165) is 21.7 Å². The van der Waals surface area contributed by atoms with Crippen LogP contribution in [0.1, 0.15) is 19.5 Å². The molecule has 4 atom stereocenters. The highest BCUT2D eigenvalue weighted by molar-refractivity contribution is 8.02. The van der Waals surface area contributed by atoms with E-state index in [1.165, 1.54) is 16.7 Å². The van der Waals surface area contributed by atoms with Crippen LogP contribution in [0.15, 0.2) is 40.2 Å². The van der Waals surface area contributed by atoms with Gasteiger partial charge in [-0.3, -0.25) is 4.79 Å². The number of amides is 1. The number of aromatic nitrogens is 2. The standard InChI is InChI=1S/C21H21N3O4S2/c1-10-16-15(11(2)25)19(26)24(16)17(20(27)28)18(10)29-8-12-9-30-21-22(3)13-6-4-5-7-14(13)23(12)21/h4-7,9-11,15-16,25H,8H2,1-3H3/p+1/t10-,11-,15-,16-/m1/s1. The number of imidazole rings is 1. The molecule has 0 unspecified atom stereocenters. The molecule has 1 saturated heterocycles. The molecule has 30 heavy (non-hydrogen) atoms. The van der Waals surface area contributed by atoms with Crippen LogP contribution in [0.3, 0.4) is 0 Å². The van der Waals surface area contributed by atoms with E-state index >= 15 is 0 Å². The van der Waals surface area contributed by atoms with Crippen molar-refractivity contribution < 1.29 is 24.4 Å². The van der Waals surface area contributed by atoms with Crippen LogP contribution < -0.4 is 4.57 Å². The fourth-order valence-electron chi connectivity index (χ4n) is 4.84. The number of carboxylic acid groups (broad SMARTS) is 1. The van der Waals surface area contributed by atoms with E-state index in [1.54, 1.807) is 18.3 Å². The zero-order valence-corrected chi connectivity index (χ0v) is 18.4. The zero-order chi connectivity index (χ0) is 21.3. The number of hydrogen-bond donors (Lipinski definition) is 2. The van der Waals surface area contributed by atoms with Gasteiger partial charge in [-0.1, -0.05) is 30.4 Å². The first-order valence-corrected chi connectivity index (χ1v) is 11.7. The number of thioether (sulfide) groups is 1. The number of carboxylic acids is 1. The van der Waals surface area contributed by atoms with E-state index in [1.807, 2.05) is 26.1 Å². The molecule has 1 aromatic carbocycles. The van der Waals surface area contributed by atoms with Crippen molar-refractivity contribution in [2.24, 2.45) is 18.9 Å². The highest BCUT2D eigenvalue weighted by Crippen LogP contribution is 2.51. The third-order valence-corrected chi connectivity index (χ3v) is 8.61. The van der Waals surface area contributed by atoms with Crippen LogP contribution in [0.2, 0.25) is 0 Å². The van der Waals surface area contributed by atoms with Gasteiger partial charge in [-0.25, -0.2) is 9.36 Å². The second kappa shape index (κ2) is 6.83. The number of carbonyl (C=O) groups excluding carboxylic acids is 1. The molecule has 0 spiro atoms. The molecule has 2 aliphatic heterocycles. The number of para-hydroxylation sites is 2. The number of fused-ring (bicyclic) bond motifs is 4. The predicted octanol–water partition coefficient (Wildman–Crippen LogP) is 2.37. The summed E-state index contributed by atoms with van der Waals surface area (Å²) in [6.07, 6.45) is -0.789. The van der Waals surface area contributed by atoms with Gasteiger partial charge in [0.15, 0.2) is 11.0 Å². The fourth-order valence-corrected chi connectivity index (χ4v) is 7.20. The largest absolute Gasteiger partial charge is 0.477 e. The number of nitrogens with zero attached hydrogens (tertiary/aromatic N) is 3. The first-order valence-electron chi connectivity index (χ1n) is 9.79. The molecule has 2 N–H and O–H groups in total. The Morgan fingerprint density at radius 2 is 2.10 bits per heavy atom. The van der Waals surface area contributed by atoms with Gasteiger partial charge in [-0.05, 0) is 19.1 Å². The molecule has 0 radical (unpaired) electrons. The maximum Gasteiger partial charge on any atom is 0.353 e. The fraction of sp³-hybridized carbons (Fsp3) is 0.381. The predicted molar refractivity (Wildman–Crippen MR) is 115 cm³/mol. The average Bonchev–Trinajstić information content (AvgIpc) is 3.31. The van der Waals surface area contributed by atoms with Gasteiger partial charge in [0.2, 0.25) is 5.91 Å². The number of aliphatic carboxylic acids is 1. The Morgan fingerprint density at radius 1 is 1.37 bits per heavy atom. The summed E-state index contributed by atoms with van der Waals surface area (Å²) >= 11 is 3.14. The number of aryl methyl sites for hydroxylation is 1. The molecule has 5 rings (SSSR count). The second-order valence-corrected chi connectivity index (χ2v) is 9.81. The molecule has 4 heterocycles. The molecule has 1 amide bonds. The van der Waals surface area contributed by atoms with Gasteiger partial charge < -0.3 is 15.1 Å². The molecule has 156 valence electrons. The highest BCUT2D eigenvalue weighted by Gasteiger charge is 2.60. The van der Waals surface area contributed by atoms with Crippen molar-refractivity contribution in [1.29, 1.82) is 0 Å². The van der Waals surface area contributed by atoms with Gasteiger partial charge in [0.05, 0.1) is 30.9 Å². The second-order valence-electron chi connectivity index (χ2n) is 7.95. The van der Waals surface area contributed by atoms with Crippen LogP contribution in [0, 0.1) is 11.8 Å². The van der Waals surface area contributed by atoms with Gasteiger partial charge in [0, 0.05) is 16.2 Å². The van der Waals surface area contributed by atoms with Crippen molar-refractivity contribution in [3.8, 4) is 0 Å². The molecule has 0 saturated carbocycles. The molecule has 0 aliphatic carbocycles. The summed E-state index contributed by atoms with van der Waals surface area (Å²) in [7, 11) is 2.04. The van der Waals surface area contributed by atoms with Crippen LogP contribution in [-0.4, -0.2) is 43.5 Å². The van der Waals surface area contributed by atoms with Crippen molar-refractivity contribution in [3.05, 3.63) is 45.9 Å². The van der Waals surface area contributed by atoms with Crippen LogP contribution in [0.4, 0.5) is 0 Å². The normalized spacial score (nSPS) is 24.6. The summed E-state index contributed by atoms with van der Waals surface area (Å²) in [4.78, 5) is 27.7. The third-order valence-electron chi connectivity index (χ3n) is 6.24. The maximum atomic E-state index is 12.5. The first kappa shape index (κ1) is 19.6. The number of aliphatic hydroxyl groups excluding tert-OH is 1. The average molecular weight is 445 g/mol. The van der Waals surface area contributed by atoms with Crippen molar-refractivity contribution in [1.82, 2.24) is 9.30 Å². The Balaban J connectivity index is 1.50. The van der Waals surface area contributed by atoms with E-state index in [-0.39, 0.29) is 23.6 Å². The quantitative estimate of drug-likeness (QED) is 0.466. The summed E-state index contributed by atoms with van der Waals surface area (Å²) in [5.41, 5.74) is 3.43. The monoisotopic (exact) mass is 444 g/mol. The summed E-state index contributed by atoms with van der Waals surface area (Å²) < 4.78 is 4.37. The van der Waals surface area contributed by atoms with Crippen molar-refractivity contribution in [2.45, 2.75) is 31.7 Å². The Kier molecular flexibility index (Phi) is 4.46. The molecule has 1 fully saturated rings. The van der Waals surface area contributed by atoms with E-state index < -0.39 is 18.0 Å². The summed E-state index contributed by atoms with van der Waals surface area (Å²) in [5, 5.41) is 21.9. The summed E-state index contributed by atoms with van der Waals surface area (Å²) in [5.74, 6) is -1.44. The van der Waals surface area contributed by atoms with Gasteiger partial charge >= 0.3 is 10.9 Å². The Labute approximate surface area is 181 Å². The molecular formula is C21H22N3O4S2+. The molecule has 2 aliphatic rings. The van der Waals surface area contributed by atoms with Crippen LogP contribution in [0.25, 0.3) is 16.0 Å². The van der Waals surface area contributed by atoms with E-state index in [9.17, 15) is 19.8 Å². The molecular weight excluding hydrogens is 422 g/mol. The lowest BCUT2D eigenvalue weighted by molar-refractivity contribution is -0.616. The number of β-lactam (4-membered cyclic amide) rings is 1. The van der Waals surface area contributed by atoms with E-state index in [4.69, 9.17) is 0 Å². The molecule has 7 nitrogen and oxygen atoms in total. The third kappa shape index (κ3) is 2.52. The Hall–Kier alpha value is -2.36. The van der Waals surface area contributed by atoms with Crippen molar-refractivity contribution in [3.63, 3.8) is 0 Å². The number of benzene rings is 1. The van der Waals surface area contributed by atoms with Crippen LogP contribution in [0.5, 0.6) is 0 Å². The van der Waals surface area contributed by atoms with Crippen molar-refractivity contribution >= 4 is 51.0 Å². The van der Waals surface area contributed by atoms with Gasteiger partial charge in [0.1, 0.15) is 11.4 Å². The lowest BCUT2D eigenvalue weighted by Gasteiger charge is -2.46. The van der Waals surface area contributed by atoms with Gasteiger partial charge in [-0.2, -0.15) is 4.40 Å². The lowest BCUT2D eigenvalue weighted by Crippen LogP contribution is -2.63. The minimum atomic E-state index is -1.09. The topological polar surface area (TPSA) is 86.1 Å². The van der Waals surface area contributed by atoms with Crippen LogP contribution in [-0.2, 0) is 22.4 Å². The number of thiazole rings is 1. The van der Waals surface area contributed by atoms with E-state index in [2.05, 4.69) is 26.5 Å². The zero-order valence-electron chi connectivity index (χ0n) is 16.8. The van der Waals surface area contributed by atoms with E-state index in [0.29, 0.717) is 10.7 Å². The number of carbonyl (C=O) groups is 2.